The minimum atomic E-state index is -0.132. The number of aryl methyl sites for hydroxylation is 1. The maximum absolute atomic E-state index is 11.3. The van der Waals surface area contributed by atoms with Crippen LogP contribution in [0.1, 0.15) is 11.3 Å². The number of carbonyl (C=O) groups is 1. The van der Waals surface area contributed by atoms with E-state index in [1.54, 1.807) is 11.3 Å². The van der Waals surface area contributed by atoms with Crippen molar-refractivity contribution in [3.8, 4) is 10.6 Å². The molecule has 100 valence electrons. The molecule has 2 rings (SSSR count). The van der Waals surface area contributed by atoms with Crippen molar-refractivity contribution in [1.82, 2.24) is 10.3 Å². The zero-order chi connectivity index (χ0) is 13.7. The number of nitrogens with zero attached hydrogens (tertiary/aromatic N) is 1. The van der Waals surface area contributed by atoms with Crippen LogP contribution in [0.15, 0.2) is 29.6 Å². The van der Waals surface area contributed by atoms with E-state index in [1.165, 1.54) is 12.7 Å². The molecule has 0 aliphatic rings. The number of methoxy groups -OCH3 is 1. The van der Waals surface area contributed by atoms with Crippen LogP contribution in [0.4, 0.5) is 0 Å². The van der Waals surface area contributed by atoms with Gasteiger partial charge in [0.1, 0.15) is 11.6 Å². The van der Waals surface area contributed by atoms with E-state index in [2.05, 4.69) is 29.4 Å². The highest BCUT2D eigenvalue weighted by molar-refractivity contribution is 7.13. The monoisotopic (exact) mass is 276 g/mol. The van der Waals surface area contributed by atoms with E-state index < -0.39 is 0 Å². The summed E-state index contributed by atoms with van der Waals surface area (Å²) >= 11 is 1.59. The molecule has 19 heavy (non-hydrogen) atoms. The molecule has 0 unspecified atom stereocenters. The largest absolute Gasteiger partial charge is 0.375 e. The first-order valence-electron chi connectivity index (χ1n) is 5.96. The average molecular weight is 276 g/mol. The number of carbonyl (C=O) groups excluding carboxylic acids is 1. The lowest BCUT2D eigenvalue weighted by Gasteiger charge is -2.02. The molecule has 0 saturated heterocycles. The molecule has 1 aromatic heterocycles. The van der Waals surface area contributed by atoms with Crippen molar-refractivity contribution in [3.05, 3.63) is 40.9 Å². The van der Waals surface area contributed by atoms with Gasteiger partial charge in [0.15, 0.2) is 0 Å². The Morgan fingerprint density at radius 2 is 2.21 bits per heavy atom. The summed E-state index contributed by atoms with van der Waals surface area (Å²) in [6.45, 7) is 2.58. The van der Waals surface area contributed by atoms with Crippen LogP contribution >= 0.6 is 11.3 Å². The van der Waals surface area contributed by atoms with Gasteiger partial charge in [-0.1, -0.05) is 24.3 Å². The van der Waals surface area contributed by atoms with Gasteiger partial charge in [-0.2, -0.15) is 0 Å². The van der Waals surface area contributed by atoms with Crippen LogP contribution in [-0.4, -0.2) is 24.6 Å². The summed E-state index contributed by atoms with van der Waals surface area (Å²) in [5.74, 6) is -0.132. The molecule has 4 nitrogen and oxygen atoms in total. The number of ether oxygens (including phenoxy) is 1. The van der Waals surface area contributed by atoms with Crippen molar-refractivity contribution >= 4 is 17.2 Å². The Morgan fingerprint density at radius 1 is 1.42 bits per heavy atom. The predicted octanol–water partition coefficient (Wildman–Crippen LogP) is 2.38. The molecule has 0 spiro atoms. The van der Waals surface area contributed by atoms with E-state index in [-0.39, 0.29) is 12.5 Å². The van der Waals surface area contributed by atoms with Crippen molar-refractivity contribution in [1.29, 1.82) is 0 Å². The third-order valence-corrected chi connectivity index (χ3v) is 3.59. The lowest BCUT2D eigenvalue weighted by molar-refractivity contribution is -0.124. The number of thiazole rings is 1. The van der Waals surface area contributed by atoms with Gasteiger partial charge in [-0.3, -0.25) is 4.79 Å². The Bertz CT molecular complexity index is 566. The zero-order valence-corrected chi connectivity index (χ0v) is 11.8. The first kappa shape index (κ1) is 13.7. The van der Waals surface area contributed by atoms with Crippen molar-refractivity contribution in [2.45, 2.75) is 13.5 Å². The van der Waals surface area contributed by atoms with Crippen LogP contribution in [0.2, 0.25) is 0 Å². The second-order valence-electron chi connectivity index (χ2n) is 4.17. The summed E-state index contributed by atoms with van der Waals surface area (Å²) in [5, 5.41) is 5.71. The van der Waals surface area contributed by atoms with E-state index in [9.17, 15) is 4.79 Å². The van der Waals surface area contributed by atoms with Crippen LogP contribution in [-0.2, 0) is 16.1 Å². The summed E-state index contributed by atoms with van der Waals surface area (Å²) in [4.78, 5) is 15.8. The summed E-state index contributed by atoms with van der Waals surface area (Å²) in [6, 6.07) is 8.14. The van der Waals surface area contributed by atoms with E-state index in [4.69, 9.17) is 4.74 Å². The molecule has 1 heterocycles. The van der Waals surface area contributed by atoms with Crippen molar-refractivity contribution in [2.75, 3.05) is 13.7 Å². The average Bonchev–Trinajstić information content (AvgIpc) is 2.86. The molecule has 0 saturated carbocycles. The molecule has 0 bridgehead atoms. The number of amides is 1. The minimum absolute atomic E-state index is 0.0782. The van der Waals surface area contributed by atoms with Gasteiger partial charge < -0.3 is 10.1 Å². The van der Waals surface area contributed by atoms with Gasteiger partial charge in [0, 0.05) is 18.1 Å². The Hall–Kier alpha value is -1.72. The highest BCUT2D eigenvalue weighted by Gasteiger charge is 2.07. The maximum Gasteiger partial charge on any atom is 0.246 e. The highest BCUT2D eigenvalue weighted by atomic mass is 32.1. The molecule has 0 aliphatic heterocycles. The third-order valence-electron chi connectivity index (χ3n) is 2.67. The van der Waals surface area contributed by atoms with Gasteiger partial charge in [-0.05, 0) is 12.5 Å². The predicted molar refractivity (Wildman–Crippen MR) is 76.0 cm³/mol. The second kappa shape index (κ2) is 6.45. The summed E-state index contributed by atoms with van der Waals surface area (Å²) < 4.78 is 4.75. The molecular weight excluding hydrogens is 260 g/mol. The Labute approximate surface area is 116 Å². The molecule has 1 amide bonds. The first-order valence-corrected chi connectivity index (χ1v) is 6.84. The number of rotatable bonds is 5. The topological polar surface area (TPSA) is 51.2 Å². The lowest BCUT2D eigenvalue weighted by atomic mass is 10.1. The normalized spacial score (nSPS) is 10.4. The van der Waals surface area contributed by atoms with Gasteiger partial charge >= 0.3 is 0 Å². The van der Waals surface area contributed by atoms with Crippen molar-refractivity contribution in [3.63, 3.8) is 0 Å². The van der Waals surface area contributed by atoms with Gasteiger partial charge in [-0.25, -0.2) is 4.98 Å². The molecule has 0 radical (unpaired) electrons. The first-order chi connectivity index (χ1) is 9.20. The van der Waals surface area contributed by atoms with Crippen LogP contribution < -0.4 is 5.32 Å². The van der Waals surface area contributed by atoms with E-state index in [1.807, 2.05) is 17.5 Å². The Kier molecular flexibility index (Phi) is 4.65. The molecule has 2 aromatic rings. The molecular formula is C14H16N2O2S. The molecule has 5 heteroatoms. The number of aromatic nitrogens is 1. The number of nitrogens with one attached hydrogen (secondary N) is 1. The van der Waals surface area contributed by atoms with Crippen LogP contribution in [0.3, 0.4) is 0 Å². The number of benzene rings is 1. The van der Waals surface area contributed by atoms with Gasteiger partial charge in [0.25, 0.3) is 0 Å². The Morgan fingerprint density at radius 3 is 2.95 bits per heavy atom. The van der Waals surface area contributed by atoms with Gasteiger partial charge in [0.05, 0.1) is 12.2 Å². The summed E-state index contributed by atoms with van der Waals surface area (Å²) in [6.07, 6.45) is 0. The third kappa shape index (κ3) is 3.62. The quantitative estimate of drug-likeness (QED) is 0.912. The van der Waals surface area contributed by atoms with Crippen molar-refractivity contribution in [2.24, 2.45) is 0 Å². The lowest BCUT2D eigenvalue weighted by Crippen LogP contribution is -2.26. The van der Waals surface area contributed by atoms with E-state index in [0.29, 0.717) is 6.54 Å². The van der Waals surface area contributed by atoms with Crippen LogP contribution in [0.5, 0.6) is 0 Å². The summed E-state index contributed by atoms with van der Waals surface area (Å²) in [7, 11) is 1.50. The smallest absolute Gasteiger partial charge is 0.246 e. The highest BCUT2D eigenvalue weighted by Crippen LogP contribution is 2.26. The van der Waals surface area contributed by atoms with Crippen LogP contribution in [0, 0.1) is 6.92 Å². The number of hydrogen-bond acceptors (Lipinski definition) is 4. The maximum atomic E-state index is 11.3. The fraction of sp³-hybridized carbons (Fsp3) is 0.286. The molecule has 0 atom stereocenters. The standard InChI is InChI=1S/C14H16N2O2S/c1-10-5-3-4-6-12(10)14-16-11(9-19-14)7-15-13(17)8-18-2/h3-6,9H,7-8H2,1-2H3,(H,15,17). The molecule has 1 aromatic carbocycles. The van der Waals surface area contributed by atoms with Gasteiger partial charge in [0.2, 0.25) is 5.91 Å². The van der Waals surface area contributed by atoms with Gasteiger partial charge in [-0.15, -0.1) is 11.3 Å². The zero-order valence-electron chi connectivity index (χ0n) is 11.0. The molecule has 1 N–H and O–H groups in total. The van der Waals surface area contributed by atoms with E-state index in [0.717, 1.165) is 16.3 Å². The SMILES string of the molecule is COCC(=O)NCc1csc(-c2ccccc2C)n1. The molecule has 0 fully saturated rings. The Balaban J connectivity index is 2.04. The van der Waals surface area contributed by atoms with Crippen molar-refractivity contribution < 1.29 is 9.53 Å². The fourth-order valence-corrected chi connectivity index (χ4v) is 2.61. The minimum Gasteiger partial charge on any atom is -0.375 e. The summed E-state index contributed by atoms with van der Waals surface area (Å²) in [5.41, 5.74) is 3.21. The van der Waals surface area contributed by atoms with E-state index >= 15 is 0 Å². The molecule has 0 aliphatic carbocycles. The fourth-order valence-electron chi connectivity index (χ4n) is 1.70. The number of hydrogen-bond donors (Lipinski definition) is 1. The van der Waals surface area contributed by atoms with Crippen LogP contribution in [0.25, 0.3) is 10.6 Å². The second-order valence-corrected chi connectivity index (χ2v) is 5.03.